The van der Waals surface area contributed by atoms with Crippen molar-refractivity contribution in [1.29, 1.82) is 0 Å². The van der Waals surface area contributed by atoms with Crippen molar-refractivity contribution in [3.8, 4) is 5.75 Å². The highest BCUT2D eigenvalue weighted by molar-refractivity contribution is 7.80. The molecule has 2 rings (SSSR count). The van der Waals surface area contributed by atoms with Crippen molar-refractivity contribution in [1.82, 2.24) is 10.3 Å². The molecule has 78 valence electrons. The lowest BCUT2D eigenvalue weighted by Gasteiger charge is -2.04. The number of thiocarbonyl (C=S) groups is 1. The summed E-state index contributed by atoms with van der Waals surface area (Å²) < 4.78 is 10.7. The summed E-state index contributed by atoms with van der Waals surface area (Å²) in [5.74, 6) is 1.29. The summed E-state index contributed by atoms with van der Waals surface area (Å²) in [7, 11) is 1.71. The van der Waals surface area contributed by atoms with Crippen molar-refractivity contribution in [3.63, 3.8) is 0 Å². The maximum atomic E-state index is 5.34. The SMILES string of the molecule is CNC(=S)Oc1ccc2oc(C)nc2c1. The van der Waals surface area contributed by atoms with Crippen molar-refractivity contribution in [2.24, 2.45) is 0 Å². The number of nitrogens with zero attached hydrogens (tertiary/aromatic N) is 1. The Hall–Kier alpha value is -1.62. The highest BCUT2D eigenvalue weighted by Gasteiger charge is 2.04. The maximum absolute atomic E-state index is 5.34. The first-order valence-electron chi connectivity index (χ1n) is 4.46. The molecule has 0 spiro atoms. The second-order valence-corrected chi connectivity index (χ2v) is 3.37. The smallest absolute Gasteiger partial charge is 0.261 e. The molecule has 0 unspecified atom stereocenters. The van der Waals surface area contributed by atoms with Crippen molar-refractivity contribution < 1.29 is 9.15 Å². The lowest BCUT2D eigenvalue weighted by Crippen LogP contribution is -2.21. The molecule has 2 aromatic rings. The summed E-state index contributed by atoms with van der Waals surface area (Å²) in [6, 6.07) is 5.38. The molecule has 0 aliphatic carbocycles. The van der Waals surface area contributed by atoms with Gasteiger partial charge in [-0.05, 0) is 24.4 Å². The third kappa shape index (κ3) is 2.07. The summed E-state index contributed by atoms with van der Waals surface area (Å²) in [5, 5.41) is 3.06. The van der Waals surface area contributed by atoms with Gasteiger partial charge in [0.15, 0.2) is 11.5 Å². The number of hydrogen-bond donors (Lipinski definition) is 1. The molecule has 0 radical (unpaired) electrons. The van der Waals surface area contributed by atoms with E-state index in [4.69, 9.17) is 21.4 Å². The number of benzene rings is 1. The lowest BCUT2D eigenvalue weighted by atomic mass is 10.3. The van der Waals surface area contributed by atoms with Crippen LogP contribution in [0.1, 0.15) is 5.89 Å². The quantitative estimate of drug-likeness (QED) is 0.748. The van der Waals surface area contributed by atoms with Gasteiger partial charge in [0, 0.05) is 20.0 Å². The number of aryl methyl sites for hydroxylation is 1. The molecule has 4 nitrogen and oxygen atoms in total. The lowest BCUT2D eigenvalue weighted by molar-refractivity contribution is 0.541. The number of ether oxygens (including phenoxy) is 1. The van der Waals surface area contributed by atoms with Gasteiger partial charge in [-0.1, -0.05) is 0 Å². The van der Waals surface area contributed by atoms with Crippen LogP contribution < -0.4 is 10.1 Å². The van der Waals surface area contributed by atoms with E-state index in [1.807, 2.05) is 6.07 Å². The zero-order valence-corrected chi connectivity index (χ0v) is 9.22. The number of hydrogen-bond acceptors (Lipinski definition) is 4. The highest BCUT2D eigenvalue weighted by atomic mass is 32.1. The predicted molar refractivity (Wildman–Crippen MR) is 61.0 cm³/mol. The molecule has 0 saturated carbocycles. The Bertz CT molecular complexity index is 507. The number of nitrogens with one attached hydrogen (secondary N) is 1. The fourth-order valence-corrected chi connectivity index (χ4v) is 1.34. The standard InChI is InChI=1S/C10H10N2O2S/c1-6-12-8-5-7(14-10(15)11-2)3-4-9(8)13-6/h3-5H,1-2H3,(H,11,15). The number of rotatable bonds is 1. The fourth-order valence-electron chi connectivity index (χ4n) is 1.24. The first kappa shape index (κ1) is 9.92. The van der Waals surface area contributed by atoms with E-state index in [2.05, 4.69) is 10.3 Å². The molecule has 0 aliphatic rings. The van der Waals surface area contributed by atoms with E-state index in [1.54, 1.807) is 26.1 Å². The molecule has 1 heterocycles. The summed E-state index contributed by atoms with van der Waals surface area (Å²) in [5.41, 5.74) is 1.51. The average molecular weight is 222 g/mol. The van der Waals surface area contributed by atoms with Crippen LogP contribution in [0.2, 0.25) is 0 Å². The zero-order valence-electron chi connectivity index (χ0n) is 8.40. The minimum absolute atomic E-state index is 0.328. The molecular formula is C10H10N2O2S. The number of fused-ring (bicyclic) bond motifs is 1. The Labute approximate surface area is 92.2 Å². The first-order valence-corrected chi connectivity index (χ1v) is 4.86. The van der Waals surface area contributed by atoms with E-state index in [0.29, 0.717) is 16.8 Å². The number of oxazole rings is 1. The normalized spacial score (nSPS) is 10.3. The minimum atomic E-state index is 0.328. The molecule has 1 N–H and O–H groups in total. The Morgan fingerprint density at radius 3 is 3.07 bits per heavy atom. The van der Waals surface area contributed by atoms with Gasteiger partial charge >= 0.3 is 0 Å². The second-order valence-electron chi connectivity index (χ2n) is 3.00. The van der Waals surface area contributed by atoms with Gasteiger partial charge in [-0.15, -0.1) is 0 Å². The second kappa shape index (κ2) is 3.86. The monoisotopic (exact) mass is 222 g/mol. The van der Waals surface area contributed by atoms with Crippen LogP contribution in [0.5, 0.6) is 5.75 Å². The maximum Gasteiger partial charge on any atom is 0.261 e. The van der Waals surface area contributed by atoms with Crippen LogP contribution >= 0.6 is 12.2 Å². The van der Waals surface area contributed by atoms with E-state index < -0.39 is 0 Å². The summed E-state index contributed by atoms with van der Waals surface area (Å²) in [4.78, 5) is 4.20. The van der Waals surface area contributed by atoms with Crippen molar-refractivity contribution in [2.45, 2.75) is 6.92 Å². The number of aromatic nitrogens is 1. The van der Waals surface area contributed by atoms with E-state index >= 15 is 0 Å². The van der Waals surface area contributed by atoms with Crippen LogP contribution in [0.25, 0.3) is 11.1 Å². The van der Waals surface area contributed by atoms with Gasteiger partial charge in [0.25, 0.3) is 5.17 Å². The predicted octanol–water partition coefficient (Wildman–Crippen LogP) is 2.02. The van der Waals surface area contributed by atoms with Gasteiger partial charge in [0.2, 0.25) is 0 Å². The Morgan fingerprint density at radius 2 is 2.33 bits per heavy atom. The van der Waals surface area contributed by atoms with E-state index in [9.17, 15) is 0 Å². The first-order chi connectivity index (χ1) is 7.19. The molecule has 0 amide bonds. The van der Waals surface area contributed by atoms with Gasteiger partial charge < -0.3 is 14.5 Å². The van der Waals surface area contributed by atoms with E-state index in [-0.39, 0.29) is 0 Å². The van der Waals surface area contributed by atoms with Gasteiger partial charge in [-0.2, -0.15) is 0 Å². The van der Waals surface area contributed by atoms with Gasteiger partial charge in [0.05, 0.1) is 0 Å². The summed E-state index contributed by atoms with van der Waals surface area (Å²) in [6.07, 6.45) is 0. The largest absolute Gasteiger partial charge is 0.441 e. The average Bonchev–Trinajstić information content (AvgIpc) is 2.57. The third-order valence-corrected chi connectivity index (χ3v) is 2.17. The van der Waals surface area contributed by atoms with Crippen molar-refractivity contribution in [3.05, 3.63) is 24.1 Å². The van der Waals surface area contributed by atoms with Crippen molar-refractivity contribution in [2.75, 3.05) is 7.05 Å². The third-order valence-electron chi connectivity index (χ3n) is 1.88. The van der Waals surface area contributed by atoms with Gasteiger partial charge in [0.1, 0.15) is 11.3 Å². The Kier molecular flexibility index (Phi) is 2.55. The molecule has 1 aromatic carbocycles. The van der Waals surface area contributed by atoms with Crippen LogP contribution in [0, 0.1) is 6.92 Å². The molecule has 0 aliphatic heterocycles. The van der Waals surface area contributed by atoms with Crippen molar-refractivity contribution >= 4 is 28.5 Å². The fraction of sp³-hybridized carbons (Fsp3) is 0.200. The van der Waals surface area contributed by atoms with E-state index in [0.717, 1.165) is 11.1 Å². The zero-order chi connectivity index (χ0) is 10.8. The molecule has 0 atom stereocenters. The van der Waals surface area contributed by atoms with Gasteiger partial charge in [-0.25, -0.2) is 4.98 Å². The van der Waals surface area contributed by atoms with Crippen LogP contribution in [0.4, 0.5) is 0 Å². The van der Waals surface area contributed by atoms with Gasteiger partial charge in [-0.3, -0.25) is 0 Å². The summed E-state index contributed by atoms with van der Waals surface area (Å²) in [6.45, 7) is 1.80. The molecular weight excluding hydrogens is 212 g/mol. The summed E-state index contributed by atoms with van der Waals surface area (Å²) >= 11 is 4.89. The molecule has 0 bridgehead atoms. The van der Waals surface area contributed by atoms with Crippen LogP contribution in [-0.2, 0) is 0 Å². The molecule has 1 aromatic heterocycles. The molecule has 0 saturated heterocycles. The van der Waals surface area contributed by atoms with E-state index in [1.165, 1.54) is 0 Å². The topological polar surface area (TPSA) is 47.3 Å². The van der Waals surface area contributed by atoms with Crippen LogP contribution in [0.15, 0.2) is 22.6 Å². The Morgan fingerprint density at radius 1 is 1.53 bits per heavy atom. The van der Waals surface area contributed by atoms with Crippen LogP contribution in [-0.4, -0.2) is 17.2 Å². The highest BCUT2D eigenvalue weighted by Crippen LogP contribution is 2.21. The Balaban J connectivity index is 2.33. The minimum Gasteiger partial charge on any atom is -0.441 e. The molecule has 0 fully saturated rings. The van der Waals surface area contributed by atoms with Crippen LogP contribution in [0.3, 0.4) is 0 Å². The molecule has 15 heavy (non-hydrogen) atoms. The molecule has 5 heteroatoms.